The first-order valence-corrected chi connectivity index (χ1v) is 10.5. The second kappa shape index (κ2) is 8.92. The quantitative estimate of drug-likeness (QED) is 0.801. The summed E-state index contributed by atoms with van der Waals surface area (Å²) in [7, 11) is -3.48. The van der Waals surface area contributed by atoms with Crippen LogP contribution in [0.5, 0.6) is 0 Å². The molecule has 0 radical (unpaired) electrons. The van der Waals surface area contributed by atoms with Gasteiger partial charge in [-0.2, -0.15) is 4.31 Å². The topological polar surface area (TPSA) is 79.4 Å². The summed E-state index contributed by atoms with van der Waals surface area (Å²) in [6, 6.07) is 11.7. The van der Waals surface area contributed by atoms with E-state index in [9.17, 15) is 13.2 Å². The molecule has 2 heterocycles. The van der Waals surface area contributed by atoms with Crippen molar-refractivity contribution in [3.05, 3.63) is 60.4 Å². The summed E-state index contributed by atoms with van der Waals surface area (Å²) >= 11 is 0. The fourth-order valence-corrected chi connectivity index (χ4v) is 4.48. The lowest BCUT2D eigenvalue weighted by molar-refractivity contribution is -0.111. The number of pyridine rings is 1. The Bertz CT molecular complexity index is 886. The maximum Gasteiger partial charge on any atom is 0.248 e. The molecule has 0 spiro atoms. The predicted molar refractivity (Wildman–Crippen MR) is 106 cm³/mol. The van der Waals surface area contributed by atoms with E-state index < -0.39 is 10.0 Å². The van der Waals surface area contributed by atoms with Crippen molar-refractivity contribution in [2.45, 2.75) is 30.6 Å². The van der Waals surface area contributed by atoms with Crippen LogP contribution in [0.1, 0.15) is 31.4 Å². The van der Waals surface area contributed by atoms with Gasteiger partial charge in [0.15, 0.2) is 0 Å². The second-order valence-corrected chi connectivity index (χ2v) is 8.36. The van der Waals surface area contributed by atoms with Gasteiger partial charge >= 0.3 is 0 Å². The first kappa shape index (κ1) is 19.3. The summed E-state index contributed by atoms with van der Waals surface area (Å²) in [5, 5.41) is 2.72. The van der Waals surface area contributed by atoms with Crippen molar-refractivity contribution in [1.82, 2.24) is 9.29 Å². The fourth-order valence-electron chi connectivity index (χ4n) is 2.96. The molecule has 0 atom stereocenters. The maximum atomic E-state index is 12.8. The third-order valence-electron chi connectivity index (χ3n) is 4.42. The highest BCUT2D eigenvalue weighted by atomic mass is 32.2. The molecule has 6 nitrogen and oxygen atoms in total. The molecule has 1 aromatic heterocycles. The Labute approximate surface area is 160 Å². The van der Waals surface area contributed by atoms with Gasteiger partial charge in [-0.05, 0) is 55.3 Å². The first-order valence-electron chi connectivity index (χ1n) is 9.06. The van der Waals surface area contributed by atoms with Crippen LogP contribution in [0.15, 0.2) is 59.6 Å². The van der Waals surface area contributed by atoms with Gasteiger partial charge < -0.3 is 5.32 Å². The number of sulfonamides is 1. The minimum atomic E-state index is -3.48. The number of hydrogen-bond acceptors (Lipinski definition) is 4. The Kier molecular flexibility index (Phi) is 6.36. The number of benzene rings is 1. The van der Waals surface area contributed by atoms with E-state index in [0.29, 0.717) is 24.5 Å². The normalized spacial score (nSPS) is 16.1. The zero-order valence-corrected chi connectivity index (χ0v) is 15.9. The van der Waals surface area contributed by atoms with Crippen LogP contribution in [0, 0.1) is 0 Å². The summed E-state index contributed by atoms with van der Waals surface area (Å²) in [6.45, 7) is 1.14. The Morgan fingerprint density at radius 2 is 1.70 bits per heavy atom. The standard InChI is InChI=1S/C20H23N3O3S/c24-20(13-10-17-7-3-4-14-21-17)22-18-8-11-19(12-9-18)27(25,26)23-15-5-1-2-6-16-23/h3-4,7-14H,1-2,5-6,15-16H2,(H,22,24). The number of carbonyl (C=O) groups excluding carboxylic acids is 1. The molecule has 0 saturated carbocycles. The third kappa shape index (κ3) is 5.24. The van der Waals surface area contributed by atoms with Crippen LogP contribution in [-0.2, 0) is 14.8 Å². The lowest BCUT2D eigenvalue weighted by atomic mass is 10.2. The van der Waals surface area contributed by atoms with Crippen LogP contribution in [-0.4, -0.2) is 36.7 Å². The molecule has 7 heteroatoms. The minimum absolute atomic E-state index is 0.256. The summed E-state index contributed by atoms with van der Waals surface area (Å²) in [5.41, 5.74) is 1.23. The zero-order chi connectivity index (χ0) is 19.1. The van der Waals surface area contributed by atoms with E-state index in [0.717, 1.165) is 25.7 Å². The van der Waals surface area contributed by atoms with E-state index in [1.54, 1.807) is 40.8 Å². The van der Waals surface area contributed by atoms with Gasteiger partial charge in [-0.25, -0.2) is 8.42 Å². The van der Waals surface area contributed by atoms with Gasteiger partial charge in [0.1, 0.15) is 0 Å². The molecule has 1 N–H and O–H groups in total. The van der Waals surface area contributed by atoms with Gasteiger partial charge in [-0.1, -0.05) is 18.9 Å². The van der Waals surface area contributed by atoms with Crippen LogP contribution in [0.25, 0.3) is 6.08 Å². The van der Waals surface area contributed by atoms with Crippen molar-refractivity contribution >= 4 is 27.7 Å². The Hall–Kier alpha value is -2.51. The molecule has 2 aromatic rings. The number of nitrogens with zero attached hydrogens (tertiary/aromatic N) is 2. The Balaban J connectivity index is 1.64. The molecule has 0 unspecified atom stereocenters. The van der Waals surface area contributed by atoms with E-state index in [4.69, 9.17) is 0 Å². The van der Waals surface area contributed by atoms with Crippen LogP contribution < -0.4 is 5.32 Å². The Morgan fingerprint density at radius 1 is 1.00 bits per heavy atom. The largest absolute Gasteiger partial charge is 0.323 e. The summed E-state index contributed by atoms with van der Waals surface area (Å²) in [5.74, 6) is -0.302. The number of nitrogens with one attached hydrogen (secondary N) is 1. The van der Waals surface area contributed by atoms with Crippen molar-refractivity contribution in [2.24, 2.45) is 0 Å². The number of anilines is 1. The first-order chi connectivity index (χ1) is 13.1. The molecule has 0 aliphatic carbocycles. The maximum absolute atomic E-state index is 12.8. The molecule has 0 bridgehead atoms. The lowest BCUT2D eigenvalue weighted by Gasteiger charge is -2.20. The van der Waals surface area contributed by atoms with Crippen molar-refractivity contribution in [2.75, 3.05) is 18.4 Å². The number of aromatic nitrogens is 1. The zero-order valence-electron chi connectivity index (χ0n) is 15.0. The third-order valence-corrected chi connectivity index (χ3v) is 6.33. The number of hydrogen-bond donors (Lipinski definition) is 1. The number of amides is 1. The molecule has 1 fully saturated rings. The SMILES string of the molecule is O=C(C=Cc1ccccn1)Nc1ccc(S(=O)(=O)N2CCCCCC2)cc1. The molecular weight excluding hydrogens is 362 g/mol. The molecule has 27 heavy (non-hydrogen) atoms. The summed E-state index contributed by atoms with van der Waals surface area (Å²) < 4.78 is 27.1. The molecule has 3 rings (SSSR count). The molecule has 142 valence electrons. The van der Waals surface area contributed by atoms with Crippen molar-refractivity contribution in [3.63, 3.8) is 0 Å². The Morgan fingerprint density at radius 3 is 2.33 bits per heavy atom. The monoisotopic (exact) mass is 385 g/mol. The highest BCUT2D eigenvalue weighted by Gasteiger charge is 2.24. The van der Waals surface area contributed by atoms with E-state index in [-0.39, 0.29) is 10.8 Å². The van der Waals surface area contributed by atoms with Crippen LogP contribution >= 0.6 is 0 Å². The average Bonchev–Trinajstić information content (AvgIpc) is 2.98. The second-order valence-electron chi connectivity index (χ2n) is 6.42. The summed E-state index contributed by atoms with van der Waals surface area (Å²) in [4.78, 5) is 16.4. The smallest absolute Gasteiger partial charge is 0.248 e. The van der Waals surface area contributed by atoms with Crippen LogP contribution in [0.4, 0.5) is 5.69 Å². The minimum Gasteiger partial charge on any atom is -0.323 e. The number of rotatable bonds is 5. The predicted octanol–water partition coefficient (Wildman–Crippen LogP) is 3.30. The van der Waals surface area contributed by atoms with E-state index in [2.05, 4.69) is 10.3 Å². The molecular formula is C20H23N3O3S. The van der Waals surface area contributed by atoms with E-state index >= 15 is 0 Å². The van der Waals surface area contributed by atoms with Crippen molar-refractivity contribution in [3.8, 4) is 0 Å². The summed E-state index contributed by atoms with van der Waals surface area (Å²) in [6.07, 6.45) is 8.61. The highest BCUT2D eigenvalue weighted by Crippen LogP contribution is 2.21. The average molecular weight is 385 g/mol. The van der Waals surface area contributed by atoms with Gasteiger partial charge in [-0.15, -0.1) is 0 Å². The van der Waals surface area contributed by atoms with Crippen molar-refractivity contribution in [1.29, 1.82) is 0 Å². The van der Waals surface area contributed by atoms with Gasteiger partial charge in [0.2, 0.25) is 15.9 Å². The molecule has 1 aliphatic rings. The van der Waals surface area contributed by atoms with Crippen molar-refractivity contribution < 1.29 is 13.2 Å². The molecule has 1 saturated heterocycles. The molecule has 1 aromatic carbocycles. The highest BCUT2D eigenvalue weighted by molar-refractivity contribution is 7.89. The van der Waals surface area contributed by atoms with Gasteiger partial charge in [0, 0.05) is 31.0 Å². The molecule has 1 aliphatic heterocycles. The van der Waals surface area contributed by atoms with Crippen LogP contribution in [0.3, 0.4) is 0 Å². The van der Waals surface area contributed by atoms with Crippen LogP contribution in [0.2, 0.25) is 0 Å². The van der Waals surface area contributed by atoms with E-state index in [1.165, 1.54) is 18.2 Å². The van der Waals surface area contributed by atoms with Gasteiger partial charge in [-0.3, -0.25) is 9.78 Å². The lowest BCUT2D eigenvalue weighted by Crippen LogP contribution is -2.31. The van der Waals surface area contributed by atoms with Gasteiger partial charge in [0.05, 0.1) is 10.6 Å². The number of carbonyl (C=O) groups is 1. The fraction of sp³-hybridized carbons (Fsp3) is 0.300. The van der Waals surface area contributed by atoms with Gasteiger partial charge in [0.25, 0.3) is 0 Å². The molecule has 1 amide bonds. The van der Waals surface area contributed by atoms with E-state index in [1.807, 2.05) is 6.07 Å².